The number of rotatable bonds is 6. The van der Waals surface area contributed by atoms with Crippen LogP contribution in [-0.2, 0) is 12.7 Å². The van der Waals surface area contributed by atoms with Gasteiger partial charge in [0, 0.05) is 37.9 Å². The largest absolute Gasteiger partial charge is 0.416 e. The van der Waals surface area contributed by atoms with E-state index in [2.05, 4.69) is 30.1 Å². The van der Waals surface area contributed by atoms with Crippen molar-refractivity contribution < 1.29 is 18.0 Å². The number of nitrogens with zero attached hydrogens (tertiary/aromatic N) is 2. The van der Waals surface area contributed by atoms with Crippen molar-refractivity contribution in [1.29, 1.82) is 0 Å². The smallest absolute Gasteiger partial charge is 0.317 e. The van der Waals surface area contributed by atoms with Crippen molar-refractivity contribution in [1.82, 2.24) is 9.80 Å². The van der Waals surface area contributed by atoms with E-state index in [0.717, 1.165) is 56.1 Å². The lowest BCUT2D eigenvalue weighted by Crippen LogP contribution is -2.52. The molecule has 2 amide bonds. The maximum Gasteiger partial charge on any atom is 0.416 e. The van der Waals surface area contributed by atoms with Gasteiger partial charge in [-0.1, -0.05) is 61.9 Å². The molecule has 0 spiro atoms. The first-order valence-corrected chi connectivity index (χ1v) is 13.3. The van der Waals surface area contributed by atoms with Crippen LogP contribution in [0, 0.1) is 17.3 Å². The monoisotopic (exact) mass is 511 g/mol. The Balaban J connectivity index is 1.25. The summed E-state index contributed by atoms with van der Waals surface area (Å²) >= 11 is 0. The number of halogens is 3. The highest BCUT2D eigenvalue weighted by molar-refractivity contribution is 5.89. The lowest BCUT2D eigenvalue weighted by molar-refractivity contribution is -0.137. The van der Waals surface area contributed by atoms with E-state index in [1.165, 1.54) is 25.0 Å². The summed E-state index contributed by atoms with van der Waals surface area (Å²) in [6, 6.07) is 14.2. The van der Waals surface area contributed by atoms with Gasteiger partial charge in [-0.25, -0.2) is 4.79 Å². The molecule has 1 heterocycles. The van der Waals surface area contributed by atoms with E-state index in [1.54, 1.807) is 10.5 Å². The molecule has 6 rings (SSSR count). The second-order valence-electron chi connectivity index (χ2n) is 11.5. The molecule has 1 saturated carbocycles. The number of hydrogen-bond acceptors (Lipinski definition) is 2. The third-order valence-electron chi connectivity index (χ3n) is 8.88. The maximum atomic E-state index is 13.4. The van der Waals surface area contributed by atoms with Gasteiger partial charge >= 0.3 is 12.2 Å². The van der Waals surface area contributed by atoms with Crippen molar-refractivity contribution in [2.24, 2.45) is 17.3 Å². The number of hydrogen-bond donors (Lipinski definition) is 1. The van der Waals surface area contributed by atoms with Gasteiger partial charge in [-0.15, -0.1) is 0 Å². The van der Waals surface area contributed by atoms with Crippen LogP contribution >= 0.6 is 0 Å². The van der Waals surface area contributed by atoms with Crippen LogP contribution in [0.15, 0.2) is 66.2 Å². The molecule has 1 aliphatic heterocycles. The number of piperidine rings is 1. The summed E-state index contributed by atoms with van der Waals surface area (Å²) in [5.74, 6) is 1.52. The van der Waals surface area contributed by atoms with Gasteiger partial charge in [-0.3, -0.25) is 4.90 Å². The zero-order valence-corrected chi connectivity index (χ0v) is 21.6. The predicted octanol–water partition coefficient (Wildman–Crippen LogP) is 7.20. The minimum absolute atomic E-state index is 0.0205. The van der Waals surface area contributed by atoms with Gasteiger partial charge in [-0.05, 0) is 66.7 Å². The van der Waals surface area contributed by atoms with E-state index in [-0.39, 0.29) is 17.8 Å². The van der Waals surface area contributed by atoms with Crippen LogP contribution in [-0.4, -0.2) is 41.5 Å². The van der Waals surface area contributed by atoms with Gasteiger partial charge in [0.25, 0.3) is 0 Å². The molecular weight excluding hydrogens is 475 g/mol. The minimum Gasteiger partial charge on any atom is -0.317 e. The highest BCUT2D eigenvalue weighted by Crippen LogP contribution is 2.59. The number of nitrogens with one attached hydrogen (secondary N) is 1. The summed E-state index contributed by atoms with van der Waals surface area (Å²) < 4.78 is 39.6. The molecule has 2 fully saturated rings. The fourth-order valence-corrected chi connectivity index (χ4v) is 6.42. The number of urea groups is 1. The van der Waals surface area contributed by atoms with Gasteiger partial charge in [0.1, 0.15) is 0 Å². The minimum atomic E-state index is -4.46. The second kappa shape index (κ2) is 10.2. The molecule has 0 radical (unpaired) electrons. The molecule has 1 saturated heterocycles. The second-order valence-corrected chi connectivity index (χ2v) is 11.5. The number of anilines is 1. The van der Waals surface area contributed by atoms with Crippen molar-refractivity contribution in [2.75, 3.05) is 25.0 Å². The normalized spacial score (nSPS) is 23.6. The Bertz CT molecular complexity index is 1140. The number of likely N-dealkylation sites (tertiary alicyclic amines) is 1. The number of amides is 2. The highest BCUT2D eigenvalue weighted by Gasteiger charge is 2.51. The number of fused-ring (bicyclic) bond motifs is 1. The van der Waals surface area contributed by atoms with Crippen molar-refractivity contribution in [3.63, 3.8) is 0 Å². The maximum absolute atomic E-state index is 13.4. The molecule has 1 N–H and O–H groups in total. The zero-order valence-electron chi connectivity index (χ0n) is 21.6. The molecule has 4 aliphatic rings. The van der Waals surface area contributed by atoms with Gasteiger partial charge in [0.15, 0.2) is 0 Å². The number of carbonyl (C=O) groups is 1. The Morgan fingerprint density at radius 1 is 1.08 bits per heavy atom. The summed E-state index contributed by atoms with van der Waals surface area (Å²) in [6.45, 7) is 8.02. The number of carbonyl (C=O) groups excluding carboxylic acids is 1. The Labute approximate surface area is 217 Å². The first-order chi connectivity index (χ1) is 17.6. The van der Waals surface area contributed by atoms with Gasteiger partial charge in [0.05, 0.1) is 5.56 Å². The van der Waals surface area contributed by atoms with Crippen LogP contribution < -0.4 is 5.32 Å². The highest BCUT2D eigenvalue weighted by atomic mass is 19.4. The fourth-order valence-electron chi connectivity index (χ4n) is 6.42. The summed E-state index contributed by atoms with van der Waals surface area (Å²) in [4.78, 5) is 17.7. The standard InChI is InChI=1S/C30H36F3N3O/c1-29(2)23-12-11-22(27(29)18-23)20-35-15-13-26(14-16-35)36(19-21-7-4-3-5-8-21)28(37)34-25-10-6-9-24(17-25)30(31,32)33/h3-11,17,23,26-27H,12-16,18-20H2,1-2H3,(H,34,37)/t23-,27-/m0/s1. The number of alkyl halides is 3. The third-order valence-corrected chi connectivity index (χ3v) is 8.88. The molecule has 2 bridgehead atoms. The lowest BCUT2D eigenvalue weighted by Gasteiger charge is -2.57. The van der Waals surface area contributed by atoms with Gasteiger partial charge < -0.3 is 10.2 Å². The van der Waals surface area contributed by atoms with Crippen molar-refractivity contribution >= 4 is 11.7 Å². The number of allylic oxidation sites excluding steroid dienone is 1. The van der Waals surface area contributed by atoms with Gasteiger partial charge in [-0.2, -0.15) is 13.2 Å². The molecule has 0 unspecified atom stereocenters. The molecule has 2 aromatic rings. The molecule has 2 aromatic carbocycles. The van der Waals surface area contributed by atoms with Crippen LogP contribution in [0.3, 0.4) is 0 Å². The van der Waals surface area contributed by atoms with Crippen LogP contribution in [0.2, 0.25) is 0 Å². The van der Waals surface area contributed by atoms with Crippen LogP contribution in [0.25, 0.3) is 0 Å². The van der Waals surface area contributed by atoms with Gasteiger partial charge in [0.2, 0.25) is 0 Å². The van der Waals surface area contributed by atoms with Crippen LogP contribution in [0.1, 0.15) is 50.7 Å². The van der Waals surface area contributed by atoms with Crippen molar-refractivity contribution in [2.45, 2.75) is 58.3 Å². The van der Waals surface area contributed by atoms with E-state index in [4.69, 9.17) is 0 Å². The molecule has 37 heavy (non-hydrogen) atoms. The quantitative estimate of drug-likeness (QED) is 0.417. The topological polar surface area (TPSA) is 35.6 Å². The molecular formula is C30H36F3N3O. The predicted molar refractivity (Wildman–Crippen MR) is 140 cm³/mol. The third kappa shape index (κ3) is 5.57. The van der Waals surface area contributed by atoms with E-state index in [1.807, 2.05) is 30.3 Å². The molecule has 7 heteroatoms. The SMILES string of the molecule is CC1(C)[C@H]2CC=C(CN3CCC(N(Cc4ccccc4)C(=O)Nc4cccc(C(F)(F)F)c4)CC3)[C@@H]1C2. The molecule has 3 aliphatic carbocycles. The summed E-state index contributed by atoms with van der Waals surface area (Å²) in [5.41, 5.74) is 2.37. The van der Waals surface area contributed by atoms with Crippen LogP contribution in [0.4, 0.5) is 23.7 Å². The molecule has 4 nitrogen and oxygen atoms in total. The average molecular weight is 512 g/mol. The van der Waals surface area contributed by atoms with E-state index in [0.29, 0.717) is 17.9 Å². The summed E-state index contributed by atoms with van der Waals surface area (Å²) in [7, 11) is 0. The molecule has 198 valence electrons. The first-order valence-electron chi connectivity index (χ1n) is 13.3. The Hall–Kier alpha value is -2.80. The van der Waals surface area contributed by atoms with E-state index < -0.39 is 11.7 Å². The Morgan fingerprint density at radius 3 is 2.46 bits per heavy atom. The van der Waals surface area contributed by atoms with Crippen LogP contribution in [0.5, 0.6) is 0 Å². The zero-order chi connectivity index (χ0) is 26.2. The van der Waals surface area contributed by atoms with Crippen molar-refractivity contribution in [3.8, 4) is 0 Å². The van der Waals surface area contributed by atoms with E-state index >= 15 is 0 Å². The Kier molecular flexibility index (Phi) is 7.10. The molecule has 0 aromatic heterocycles. The molecule has 2 atom stereocenters. The summed E-state index contributed by atoms with van der Waals surface area (Å²) in [6.07, 6.45) is 2.19. The van der Waals surface area contributed by atoms with Crippen molar-refractivity contribution in [3.05, 3.63) is 77.4 Å². The van der Waals surface area contributed by atoms with E-state index in [9.17, 15) is 18.0 Å². The Morgan fingerprint density at radius 2 is 1.81 bits per heavy atom. The lowest BCUT2D eigenvalue weighted by atomic mass is 9.49. The first kappa shape index (κ1) is 25.8. The number of benzene rings is 2. The summed E-state index contributed by atoms with van der Waals surface area (Å²) in [5, 5.41) is 2.73. The average Bonchev–Trinajstić information content (AvgIpc) is 2.88. The fraction of sp³-hybridized carbons (Fsp3) is 0.500.